The molecule has 1 aromatic rings. The quantitative estimate of drug-likeness (QED) is 0.564. The number of hydrogen-bond donors (Lipinski definition) is 1. The SMILES string of the molecule is CC1=C(/C=C/C(C)=C/C=C/C(C)=C/C(=O)O)C(C)(C)CCC1n1cncn1. The molecular formula is C22H29N3O2. The molecule has 0 fully saturated rings. The Labute approximate surface area is 161 Å². The Bertz CT molecular complexity index is 822. The highest BCUT2D eigenvalue weighted by atomic mass is 16.4. The predicted octanol–water partition coefficient (Wildman–Crippen LogP) is 5.05. The molecule has 1 heterocycles. The van der Waals surface area contributed by atoms with E-state index in [1.165, 1.54) is 17.2 Å². The van der Waals surface area contributed by atoms with Gasteiger partial charge in [0.15, 0.2) is 0 Å². The summed E-state index contributed by atoms with van der Waals surface area (Å²) in [5.41, 5.74) is 4.60. The van der Waals surface area contributed by atoms with Gasteiger partial charge in [-0.1, -0.05) is 49.8 Å². The lowest BCUT2D eigenvalue weighted by molar-refractivity contribution is -0.131. The maximum atomic E-state index is 10.6. The monoisotopic (exact) mass is 367 g/mol. The zero-order valence-corrected chi connectivity index (χ0v) is 16.8. The van der Waals surface area contributed by atoms with Crippen LogP contribution in [0.2, 0.25) is 0 Å². The van der Waals surface area contributed by atoms with Gasteiger partial charge in [0.1, 0.15) is 12.7 Å². The van der Waals surface area contributed by atoms with Gasteiger partial charge >= 0.3 is 5.97 Å². The molecule has 0 amide bonds. The highest BCUT2D eigenvalue weighted by Gasteiger charge is 2.32. The molecule has 1 aliphatic rings. The topological polar surface area (TPSA) is 68.0 Å². The molecule has 5 nitrogen and oxygen atoms in total. The van der Waals surface area contributed by atoms with E-state index in [0.717, 1.165) is 18.4 Å². The Morgan fingerprint density at radius 2 is 2.04 bits per heavy atom. The first-order chi connectivity index (χ1) is 12.7. The van der Waals surface area contributed by atoms with Gasteiger partial charge in [-0.3, -0.25) is 0 Å². The van der Waals surface area contributed by atoms with Crippen molar-refractivity contribution in [3.8, 4) is 0 Å². The lowest BCUT2D eigenvalue weighted by Crippen LogP contribution is -2.26. The summed E-state index contributed by atoms with van der Waals surface area (Å²) in [6.07, 6.45) is 16.7. The van der Waals surface area contributed by atoms with Gasteiger partial charge in [0.2, 0.25) is 0 Å². The highest BCUT2D eigenvalue weighted by Crippen LogP contribution is 2.45. The number of carboxylic acid groups (broad SMARTS) is 1. The first-order valence-corrected chi connectivity index (χ1v) is 9.20. The van der Waals surface area contributed by atoms with E-state index in [-0.39, 0.29) is 11.5 Å². The van der Waals surface area contributed by atoms with Gasteiger partial charge in [-0.25, -0.2) is 14.5 Å². The minimum absolute atomic E-state index is 0.120. The summed E-state index contributed by atoms with van der Waals surface area (Å²) < 4.78 is 1.95. The second-order valence-corrected chi connectivity index (χ2v) is 7.74. The Hall–Kier alpha value is -2.69. The smallest absolute Gasteiger partial charge is 0.328 e. The van der Waals surface area contributed by atoms with Crippen LogP contribution in [0.5, 0.6) is 0 Å². The average Bonchev–Trinajstić information content (AvgIpc) is 3.07. The fourth-order valence-electron chi connectivity index (χ4n) is 3.49. The second-order valence-electron chi connectivity index (χ2n) is 7.74. The van der Waals surface area contributed by atoms with Crippen LogP contribution < -0.4 is 0 Å². The van der Waals surface area contributed by atoms with Crippen molar-refractivity contribution in [1.29, 1.82) is 0 Å². The van der Waals surface area contributed by atoms with Gasteiger partial charge in [-0.05, 0) is 55.7 Å². The van der Waals surface area contributed by atoms with E-state index in [4.69, 9.17) is 5.11 Å². The van der Waals surface area contributed by atoms with Gasteiger partial charge in [0.25, 0.3) is 0 Å². The first kappa shape index (κ1) is 20.6. The van der Waals surface area contributed by atoms with Crippen molar-refractivity contribution in [3.05, 3.63) is 71.4 Å². The molecule has 1 unspecified atom stereocenters. The third-order valence-corrected chi connectivity index (χ3v) is 5.03. The summed E-state index contributed by atoms with van der Waals surface area (Å²) in [4.78, 5) is 14.7. The van der Waals surface area contributed by atoms with E-state index in [1.807, 2.05) is 23.8 Å². The molecule has 0 radical (unpaired) electrons. The zero-order valence-electron chi connectivity index (χ0n) is 16.8. The van der Waals surface area contributed by atoms with Crippen molar-refractivity contribution >= 4 is 5.97 Å². The Kier molecular flexibility index (Phi) is 6.72. The maximum absolute atomic E-state index is 10.6. The van der Waals surface area contributed by atoms with Crippen LogP contribution in [-0.2, 0) is 4.79 Å². The van der Waals surface area contributed by atoms with E-state index >= 15 is 0 Å². The van der Waals surface area contributed by atoms with E-state index in [1.54, 1.807) is 25.7 Å². The molecule has 1 N–H and O–H groups in total. The summed E-state index contributed by atoms with van der Waals surface area (Å²) in [6.45, 7) is 10.6. The van der Waals surface area contributed by atoms with E-state index < -0.39 is 5.97 Å². The van der Waals surface area contributed by atoms with Crippen molar-refractivity contribution in [2.24, 2.45) is 5.41 Å². The van der Waals surface area contributed by atoms with Crippen molar-refractivity contribution < 1.29 is 9.90 Å². The average molecular weight is 367 g/mol. The number of rotatable bonds is 6. The minimum Gasteiger partial charge on any atom is -0.478 e. The maximum Gasteiger partial charge on any atom is 0.328 e. The molecule has 0 aromatic carbocycles. The Morgan fingerprint density at radius 1 is 1.30 bits per heavy atom. The van der Waals surface area contributed by atoms with E-state index in [9.17, 15) is 4.79 Å². The first-order valence-electron chi connectivity index (χ1n) is 9.20. The van der Waals surface area contributed by atoms with Crippen molar-refractivity contribution in [3.63, 3.8) is 0 Å². The van der Waals surface area contributed by atoms with Gasteiger partial charge in [0.05, 0.1) is 6.04 Å². The normalized spacial score (nSPS) is 21.4. The molecule has 0 bridgehead atoms. The molecule has 0 aliphatic heterocycles. The van der Waals surface area contributed by atoms with Crippen molar-refractivity contribution in [2.75, 3.05) is 0 Å². The van der Waals surface area contributed by atoms with Crippen LogP contribution in [0, 0.1) is 5.41 Å². The van der Waals surface area contributed by atoms with Crippen molar-refractivity contribution in [2.45, 2.75) is 53.5 Å². The number of allylic oxidation sites excluding steroid dienone is 9. The molecule has 27 heavy (non-hydrogen) atoms. The number of aromatic nitrogens is 3. The van der Waals surface area contributed by atoms with Crippen LogP contribution >= 0.6 is 0 Å². The number of nitrogens with zero attached hydrogens (tertiary/aromatic N) is 3. The number of carboxylic acids is 1. The largest absolute Gasteiger partial charge is 0.478 e. The van der Waals surface area contributed by atoms with Crippen LogP contribution in [0.25, 0.3) is 0 Å². The fraction of sp³-hybridized carbons (Fsp3) is 0.409. The molecule has 5 heteroatoms. The van der Waals surface area contributed by atoms with E-state index in [2.05, 4.69) is 43.0 Å². The van der Waals surface area contributed by atoms with Gasteiger partial charge < -0.3 is 5.11 Å². The van der Waals surface area contributed by atoms with Gasteiger partial charge in [-0.2, -0.15) is 5.10 Å². The molecule has 0 saturated heterocycles. The molecule has 1 atom stereocenters. The molecular weight excluding hydrogens is 338 g/mol. The third kappa shape index (κ3) is 5.64. The van der Waals surface area contributed by atoms with Crippen LogP contribution in [0.1, 0.15) is 53.5 Å². The van der Waals surface area contributed by atoms with Gasteiger partial charge in [0, 0.05) is 6.08 Å². The summed E-state index contributed by atoms with van der Waals surface area (Å²) in [5.74, 6) is -0.929. The summed E-state index contributed by atoms with van der Waals surface area (Å²) >= 11 is 0. The fourth-order valence-corrected chi connectivity index (χ4v) is 3.49. The second kappa shape index (κ2) is 8.80. The van der Waals surface area contributed by atoms with Crippen molar-refractivity contribution in [1.82, 2.24) is 14.8 Å². The molecule has 0 spiro atoms. The number of carbonyl (C=O) groups is 1. The summed E-state index contributed by atoms with van der Waals surface area (Å²) in [5, 5.41) is 13.1. The van der Waals surface area contributed by atoms with Crippen LogP contribution in [0.3, 0.4) is 0 Å². The third-order valence-electron chi connectivity index (χ3n) is 5.03. The lowest BCUT2D eigenvalue weighted by atomic mass is 9.71. The van der Waals surface area contributed by atoms with Crippen LogP contribution in [0.4, 0.5) is 0 Å². The Morgan fingerprint density at radius 3 is 2.67 bits per heavy atom. The zero-order chi connectivity index (χ0) is 20.0. The molecule has 0 saturated carbocycles. The number of aliphatic carboxylic acids is 1. The standard InChI is InChI=1S/C22H29N3O2/c1-16(7-6-8-17(2)13-21(26)27)9-10-19-18(3)20(11-12-22(19,4)5)25-15-23-14-24-25/h6-10,13-15,20H,11-12H2,1-5H3,(H,26,27)/b8-6+,10-9+,16-7+,17-13+. The Balaban J connectivity index is 2.21. The summed E-state index contributed by atoms with van der Waals surface area (Å²) in [6, 6.07) is 0.258. The molecule has 144 valence electrons. The molecule has 1 aliphatic carbocycles. The predicted molar refractivity (Wildman–Crippen MR) is 108 cm³/mol. The highest BCUT2D eigenvalue weighted by molar-refractivity contribution is 5.81. The van der Waals surface area contributed by atoms with Gasteiger partial charge in [-0.15, -0.1) is 0 Å². The van der Waals surface area contributed by atoms with E-state index in [0.29, 0.717) is 5.57 Å². The van der Waals surface area contributed by atoms with Crippen LogP contribution in [0.15, 0.2) is 71.4 Å². The van der Waals surface area contributed by atoms with Crippen LogP contribution in [-0.4, -0.2) is 25.8 Å². The number of hydrogen-bond acceptors (Lipinski definition) is 3. The molecule has 1 aromatic heterocycles. The minimum atomic E-state index is -0.929. The summed E-state index contributed by atoms with van der Waals surface area (Å²) in [7, 11) is 0. The lowest BCUT2D eigenvalue weighted by Gasteiger charge is -2.37. The molecule has 2 rings (SSSR count).